The zero-order valence-corrected chi connectivity index (χ0v) is 16.5. The first kappa shape index (κ1) is 18.2. The van der Waals surface area contributed by atoms with Crippen molar-refractivity contribution < 1.29 is 14.7 Å². The van der Waals surface area contributed by atoms with Crippen LogP contribution in [0.3, 0.4) is 0 Å². The van der Waals surface area contributed by atoms with E-state index >= 15 is 0 Å². The van der Waals surface area contributed by atoms with Crippen molar-refractivity contribution in [3.63, 3.8) is 0 Å². The van der Waals surface area contributed by atoms with E-state index in [1.54, 1.807) is 18.2 Å². The Morgan fingerprint density at radius 3 is 2.04 bits per heavy atom. The lowest BCUT2D eigenvalue weighted by Crippen LogP contribution is -2.42. The summed E-state index contributed by atoms with van der Waals surface area (Å²) in [6.07, 6.45) is 0.212. The van der Waals surface area contributed by atoms with Gasteiger partial charge in [0.25, 0.3) is 5.91 Å². The lowest BCUT2D eigenvalue weighted by Gasteiger charge is -2.15. The molecule has 4 nitrogen and oxygen atoms in total. The first-order chi connectivity index (χ1) is 10.8. The Bertz CT molecular complexity index is 712. The maximum atomic E-state index is 12.3. The predicted molar refractivity (Wildman–Crippen MR) is 98.6 cm³/mol. The summed E-state index contributed by atoms with van der Waals surface area (Å²) in [7, 11) is 0. The fourth-order valence-corrected chi connectivity index (χ4v) is 3.54. The molecule has 2 aromatic carbocycles. The van der Waals surface area contributed by atoms with Crippen molar-refractivity contribution in [1.29, 1.82) is 0 Å². The number of carboxylic acids is 1. The number of carbonyl (C=O) groups excluding carboxylic acids is 1. The summed E-state index contributed by atoms with van der Waals surface area (Å²) in [5.74, 6) is -1.51. The molecule has 0 aliphatic rings. The molecular formula is C16H12Br3NO3. The Balaban J connectivity index is 2.14. The zero-order chi connectivity index (χ0) is 17.0. The molecule has 1 atom stereocenters. The van der Waals surface area contributed by atoms with E-state index in [-0.39, 0.29) is 6.42 Å². The van der Waals surface area contributed by atoms with Crippen molar-refractivity contribution in [2.45, 2.75) is 12.5 Å². The molecule has 2 aromatic rings. The molecule has 1 amide bonds. The Hall–Kier alpha value is -1.18. The summed E-state index contributed by atoms with van der Waals surface area (Å²) in [6.45, 7) is 0. The first-order valence-corrected chi connectivity index (χ1v) is 8.97. The number of carbonyl (C=O) groups is 2. The number of nitrogens with one attached hydrogen (secondary N) is 1. The highest BCUT2D eigenvalue weighted by atomic mass is 79.9. The second-order valence-electron chi connectivity index (χ2n) is 4.85. The van der Waals surface area contributed by atoms with Gasteiger partial charge in [0.1, 0.15) is 6.04 Å². The normalized spacial score (nSPS) is 11.8. The summed E-state index contributed by atoms with van der Waals surface area (Å²) in [5, 5.41) is 11.9. The van der Waals surface area contributed by atoms with Gasteiger partial charge in [0.15, 0.2) is 0 Å². The van der Waals surface area contributed by atoms with Crippen molar-refractivity contribution in [1.82, 2.24) is 5.32 Å². The number of rotatable bonds is 5. The van der Waals surface area contributed by atoms with E-state index in [0.29, 0.717) is 5.56 Å². The third-order valence-electron chi connectivity index (χ3n) is 3.08. The van der Waals surface area contributed by atoms with Crippen LogP contribution in [0.1, 0.15) is 15.9 Å². The molecule has 2 N–H and O–H groups in total. The second-order valence-corrected chi connectivity index (χ2v) is 7.60. The number of benzene rings is 2. The van der Waals surface area contributed by atoms with Gasteiger partial charge in [0.2, 0.25) is 0 Å². The molecule has 0 aliphatic heterocycles. The number of carboxylic acid groups (broad SMARTS) is 1. The maximum absolute atomic E-state index is 12.3. The predicted octanol–water partition coefficient (Wildman–Crippen LogP) is 4.40. The summed E-state index contributed by atoms with van der Waals surface area (Å²) >= 11 is 9.94. The van der Waals surface area contributed by atoms with Gasteiger partial charge in [-0.25, -0.2) is 4.79 Å². The molecule has 0 saturated carbocycles. The standard InChI is InChI=1S/C16H12Br3NO3/c17-11-3-1-9(2-4-11)5-14(16(22)23)20-15(21)10-6-12(18)8-13(19)7-10/h1-4,6-8,14H,5H2,(H,20,21)(H,22,23)/t14-/m0/s1. The van der Waals surface area contributed by atoms with Crippen LogP contribution in [-0.2, 0) is 11.2 Å². The van der Waals surface area contributed by atoms with E-state index in [1.165, 1.54) is 0 Å². The Labute approximate surface area is 158 Å². The van der Waals surface area contributed by atoms with Gasteiger partial charge >= 0.3 is 5.97 Å². The molecule has 0 spiro atoms. The molecule has 0 heterocycles. The monoisotopic (exact) mass is 503 g/mol. The van der Waals surface area contributed by atoms with Crippen LogP contribution in [0.4, 0.5) is 0 Å². The van der Waals surface area contributed by atoms with Crippen LogP contribution in [0.2, 0.25) is 0 Å². The molecule has 2 rings (SSSR count). The largest absolute Gasteiger partial charge is 0.480 e. The number of hydrogen-bond acceptors (Lipinski definition) is 2. The molecule has 0 bridgehead atoms. The average molecular weight is 506 g/mol. The molecular weight excluding hydrogens is 494 g/mol. The van der Waals surface area contributed by atoms with Crippen LogP contribution in [0.15, 0.2) is 55.9 Å². The van der Waals surface area contributed by atoms with Gasteiger partial charge in [-0.3, -0.25) is 4.79 Å². The van der Waals surface area contributed by atoms with Gasteiger partial charge in [0, 0.05) is 25.4 Å². The Morgan fingerprint density at radius 2 is 1.52 bits per heavy atom. The lowest BCUT2D eigenvalue weighted by molar-refractivity contribution is -0.139. The molecule has 23 heavy (non-hydrogen) atoms. The summed E-state index contributed by atoms with van der Waals surface area (Å²) in [4.78, 5) is 23.7. The minimum absolute atomic E-state index is 0.212. The van der Waals surface area contributed by atoms with Crippen LogP contribution in [0, 0.1) is 0 Å². The van der Waals surface area contributed by atoms with Crippen LogP contribution in [-0.4, -0.2) is 23.0 Å². The number of hydrogen-bond donors (Lipinski definition) is 2. The lowest BCUT2D eigenvalue weighted by atomic mass is 10.1. The number of halogens is 3. The van der Waals surface area contributed by atoms with Gasteiger partial charge in [-0.15, -0.1) is 0 Å². The van der Waals surface area contributed by atoms with E-state index < -0.39 is 17.9 Å². The second kappa shape index (κ2) is 8.08. The highest BCUT2D eigenvalue weighted by Crippen LogP contribution is 2.20. The highest BCUT2D eigenvalue weighted by molar-refractivity contribution is 9.11. The molecule has 0 aliphatic carbocycles. The molecule has 0 fully saturated rings. The Kier molecular flexibility index (Phi) is 6.38. The topological polar surface area (TPSA) is 66.4 Å². The third kappa shape index (κ3) is 5.44. The van der Waals surface area contributed by atoms with Crippen molar-refractivity contribution in [3.05, 3.63) is 67.0 Å². The fraction of sp³-hybridized carbons (Fsp3) is 0.125. The number of amides is 1. The minimum Gasteiger partial charge on any atom is -0.480 e. The summed E-state index contributed by atoms with van der Waals surface area (Å²) in [6, 6.07) is 11.4. The Morgan fingerprint density at radius 1 is 0.957 bits per heavy atom. The van der Waals surface area contributed by atoms with Crippen molar-refractivity contribution in [2.24, 2.45) is 0 Å². The van der Waals surface area contributed by atoms with Gasteiger partial charge < -0.3 is 10.4 Å². The van der Waals surface area contributed by atoms with E-state index in [0.717, 1.165) is 19.0 Å². The molecule has 0 saturated heterocycles. The fourth-order valence-electron chi connectivity index (χ4n) is 1.98. The molecule has 0 unspecified atom stereocenters. The van der Waals surface area contributed by atoms with Crippen LogP contribution in [0.25, 0.3) is 0 Å². The van der Waals surface area contributed by atoms with Gasteiger partial charge in [-0.05, 0) is 35.9 Å². The maximum Gasteiger partial charge on any atom is 0.326 e. The van der Waals surface area contributed by atoms with Crippen molar-refractivity contribution in [2.75, 3.05) is 0 Å². The van der Waals surface area contributed by atoms with Gasteiger partial charge in [0.05, 0.1) is 0 Å². The van der Waals surface area contributed by atoms with E-state index in [1.807, 2.05) is 24.3 Å². The molecule has 7 heteroatoms. The quantitative estimate of drug-likeness (QED) is 0.633. The molecule has 0 aromatic heterocycles. The molecule has 120 valence electrons. The van der Waals surface area contributed by atoms with Crippen LogP contribution >= 0.6 is 47.8 Å². The molecule has 0 radical (unpaired) electrons. The summed E-state index contributed by atoms with van der Waals surface area (Å²) in [5.41, 5.74) is 1.21. The SMILES string of the molecule is O=C(N[C@@H](Cc1ccc(Br)cc1)C(=O)O)c1cc(Br)cc(Br)c1. The van der Waals surface area contributed by atoms with Gasteiger partial charge in [-0.2, -0.15) is 0 Å². The zero-order valence-electron chi connectivity index (χ0n) is 11.7. The number of aliphatic carboxylic acids is 1. The highest BCUT2D eigenvalue weighted by Gasteiger charge is 2.21. The van der Waals surface area contributed by atoms with Crippen LogP contribution < -0.4 is 5.32 Å². The average Bonchev–Trinajstić information content (AvgIpc) is 2.47. The third-order valence-corrected chi connectivity index (χ3v) is 4.53. The van der Waals surface area contributed by atoms with Crippen molar-refractivity contribution >= 4 is 59.7 Å². The smallest absolute Gasteiger partial charge is 0.326 e. The summed E-state index contributed by atoms with van der Waals surface area (Å²) < 4.78 is 2.38. The van der Waals surface area contributed by atoms with Gasteiger partial charge in [-0.1, -0.05) is 59.9 Å². The van der Waals surface area contributed by atoms with Crippen LogP contribution in [0.5, 0.6) is 0 Å². The minimum atomic E-state index is -1.07. The van der Waals surface area contributed by atoms with E-state index in [2.05, 4.69) is 53.1 Å². The van der Waals surface area contributed by atoms with Crippen molar-refractivity contribution in [3.8, 4) is 0 Å². The van der Waals surface area contributed by atoms with E-state index in [4.69, 9.17) is 0 Å². The first-order valence-electron chi connectivity index (χ1n) is 6.59. The van der Waals surface area contributed by atoms with E-state index in [9.17, 15) is 14.7 Å².